The van der Waals surface area contributed by atoms with Crippen LogP contribution in [0.2, 0.25) is 0 Å². The van der Waals surface area contributed by atoms with E-state index >= 15 is 0 Å². The van der Waals surface area contributed by atoms with Crippen LogP contribution in [0.4, 0.5) is 0 Å². The van der Waals surface area contributed by atoms with Crippen molar-refractivity contribution in [2.75, 3.05) is 0 Å². The first kappa shape index (κ1) is 20.6. The lowest BCUT2D eigenvalue weighted by atomic mass is 9.73. The van der Waals surface area contributed by atoms with Gasteiger partial charge in [-0.25, -0.2) is 19.5 Å². The Kier molecular flexibility index (Phi) is 6.37. The Bertz CT molecular complexity index is 1050. The van der Waals surface area contributed by atoms with E-state index in [1.54, 1.807) is 12.3 Å². The Morgan fingerprint density at radius 3 is 2.76 bits per heavy atom. The van der Waals surface area contributed by atoms with Crippen molar-refractivity contribution in [2.45, 2.75) is 47.0 Å². The molecule has 3 rings (SSSR count). The monoisotopic (exact) mass is 388 g/mol. The average molecular weight is 389 g/mol. The predicted octanol–water partition coefficient (Wildman–Crippen LogP) is 5.61. The van der Waals surface area contributed by atoms with Gasteiger partial charge in [0.15, 0.2) is 5.65 Å². The number of imidazole rings is 1. The predicted molar refractivity (Wildman–Crippen MR) is 117 cm³/mol. The maximum atomic E-state index is 12.5. The molecule has 150 valence electrons. The van der Waals surface area contributed by atoms with Crippen molar-refractivity contribution in [3.8, 4) is 0 Å². The number of nitrogens with zero attached hydrogens (tertiary/aromatic N) is 4. The highest BCUT2D eigenvalue weighted by atomic mass is 16.2. The topological polar surface area (TPSA) is 60.7 Å². The lowest BCUT2D eigenvalue weighted by molar-refractivity contribution is 0.0972. The molecule has 29 heavy (non-hydrogen) atoms. The molecule has 0 unspecified atom stereocenters. The standard InChI is InChI=1S/C24H28N4O/c1-18(14-22(29)28-17-27-21-15-25-16-26-23(21)28)10-7-5-6-8-12-20-19(2)11-9-13-24(20,3)4/h5-8,10,12,14-17H,9,11,13H2,1-4H3/b6-5+,10-7+,12-8+,18-14+. The largest absolute Gasteiger partial charge is 0.269 e. The van der Waals surface area contributed by atoms with Crippen molar-refractivity contribution >= 4 is 17.1 Å². The minimum absolute atomic E-state index is 0.181. The molecule has 0 radical (unpaired) electrons. The summed E-state index contributed by atoms with van der Waals surface area (Å²) in [6.07, 6.45) is 21.9. The third kappa shape index (κ3) is 5.05. The molecular weight excluding hydrogens is 360 g/mol. The molecule has 2 heterocycles. The Hall–Kier alpha value is -3.08. The molecule has 0 spiro atoms. The lowest BCUT2D eigenvalue weighted by Gasteiger charge is -2.32. The van der Waals surface area contributed by atoms with E-state index < -0.39 is 0 Å². The lowest BCUT2D eigenvalue weighted by Crippen LogP contribution is -2.18. The molecule has 0 atom stereocenters. The van der Waals surface area contributed by atoms with E-state index in [9.17, 15) is 4.79 Å². The van der Waals surface area contributed by atoms with Gasteiger partial charge >= 0.3 is 0 Å². The van der Waals surface area contributed by atoms with Gasteiger partial charge in [-0.05, 0) is 49.7 Å². The van der Waals surface area contributed by atoms with Crippen LogP contribution in [-0.4, -0.2) is 25.4 Å². The van der Waals surface area contributed by atoms with Crippen LogP contribution in [-0.2, 0) is 0 Å². The smallest absolute Gasteiger partial charge is 0.257 e. The van der Waals surface area contributed by atoms with E-state index in [2.05, 4.69) is 47.9 Å². The molecule has 0 amide bonds. The summed E-state index contributed by atoms with van der Waals surface area (Å²) in [7, 11) is 0. The van der Waals surface area contributed by atoms with Crippen molar-refractivity contribution in [3.05, 3.63) is 78.1 Å². The van der Waals surface area contributed by atoms with Gasteiger partial charge in [-0.15, -0.1) is 0 Å². The number of carbonyl (C=O) groups is 1. The zero-order chi connectivity index (χ0) is 20.9. The second-order valence-electron chi connectivity index (χ2n) is 8.11. The first-order chi connectivity index (χ1) is 13.9. The van der Waals surface area contributed by atoms with Crippen LogP contribution >= 0.6 is 0 Å². The maximum absolute atomic E-state index is 12.5. The zero-order valence-electron chi connectivity index (χ0n) is 17.6. The van der Waals surface area contributed by atoms with Gasteiger partial charge < -0.3 is 0 Å². The van der Waals surface area contributed by atoms with Gasteiger partial charge in [0.1, 0.15) is 18.2 Å². The summed E-state index contributed by atoms with van der Waals surface area (Å²) in [5.41, 5.74) is 5.17. The van der Waals surface area contributed by atoms with Crippen LogP contribution in [0.1, 0.15) is 51.8 Å². The van der Waals surface area contributed by atoms with Crippen molar-refractivity contribution in [1.29, 1.82) is 0 Å². The molecule has 0 N–H and O–H groups in total. The van der Waals surface area contributed by atoms with Gasteiger partial charge in [0, 0.05) is 6.08 Å². The number of fused-ring (bicyclic) bond motifs is 1. The van der Waals surface area contributed by atoms with Crippen LogP contribution in [0.25, 0.3) is 11.2 Å². The summed E-state index contributed by atoms with van der Waals surface area (Å²) in [6.45, 7) is 8.77. The second kappa shape index (κ2) is 8.95. The summed E-state index contributed by atoms with van der Waals surface area (Å²) in [5, 5.41) is 0. The fourth-order valence-electron chi connectivity index (χ4n) is 3.74. The Morgan fingerprint density at radius 1 is 1.17 bits per heavy atom. The van der Waals surface area contributed by atoms with E-state index in [1.165, 1.54) is 47.6 Å². The molecule has 2 aromatic heterocycles. The van der Waals surface area contributed by atoms with E-state index in [-0.39, 0.29) is 11.3 Å². The van der Waals surface area contributed by atoms with Gasteiger partial charge in [-0.1, -0.05) is 55.9 Å². The minimum atomic E-state index is -0.181. The molecule has 0 saturated heterocycles. The number of aromatic nitrogens is 4. The Balaban J connectivity index is 1.62. The maximum Gasteiger partial charge on any atom is 0.257 e. The SMILES string of the molecule is CC1=C(/C=C/C=C/C=C/C(C)=C/C(=O)n2cnc3cncnc32)C(C)(C)CCC1. The van der Waals surface area contributed by atoms with E-state index in [0.717, 1.165) is 5.57 Å². The van der Waals surface area contributed by atoms with Crippen molar-refractivity contribution in [1.82, 2.24) is 19.5 Å². The Morgan fingerprint density at radius 2 is 1.97 bits per heavy atom. The summed E-state index contributed by atoms with van der Waals surface area (Å²) >= 11 is 0. The number of hydrogen-bond donors (Lipinski definition) is 0. The summed E-state index contributed by atoms with van der Waals surface area (Å²) < 4.78 is 1.43. The molecule has 1 aliphatic carbocycles. The highest BCUT2D eigenvalue weighted by Gasteiger charge is 2.26. The molecule has 5 heteroatoms. The summed E-state index contributed by atoms with van der Waals surface area (Å²) in [6, 6.07) is 0. The molecule has 5 nitrogen and oxygen atoms in total. The molecule has 2 aromatic rings. The molecular formula is C24H28N4O. The number of rotatable bonds is 5. The molecule has 0 fully saturated rings. The first-order valence-corrected chi connectivity index (χ1v) is 9.96. The molecule has 0 bridgehead atoms. The van der Waals surface area contributed by atoms with Crippen molar-refractivity contribution < 1.29 is 4.79 Å². The van der Waals surface area contributed by atoms with Crippen molar-refractivity contribution in [3.63, 3.8) is 0 Å². The van der Waals surface area contributed by atoms with Crippen LogP contribution < -0.4 is 0 Å². The van der Waals surface area contributed by atoms with Crippen LogP contribution in [0.5, 0.6) is 0 Å². The molecule has 0 saturated carbocycles. The van der Waals surface area contributed by atoms with Crippen LogP contribution in [0.15, 0.2) is 78.1 Å². The van der Waals surface area contributed by atoms with E-state index in [4.69, 9.17) is 0 Å². The second-order valence-corrected chi connectivity index (χ2v) is 8.11. The number of hydrogen-bond acceptors (Lipinski definition) is 4. The summed E-state index contributed by atoms with van der Waals surface area (Å²) in [5.74, 6) is -0.181. The van der Waals surface area contributed by atoms with Gasteiger partial charge in [-0.2, -0.15) is 0 Å². The normalized spacial score (nSPS) is 18.0. The van der Waals surface area contributed by atoms with Crippen molar-refractivity contribution in [2.24, 2.45) is 5.41 Å². The van der Waals surface area contributed by atoms with E-state index in [1.807, 2.05) is 31.2 Å². The van der Waals surface area contributed by atoms with Crippen LogP contribution in [0, 0.1) is 5.41 Å². The van der Waals surface area contributed by atoms with Gasteiger partial charge in [0.2, 0.25) is 0 Å². The number of allylic oxidation sites excluding steroid dienone is 10. The average Bonchev–Trinajstić information content (AvgIpc) is 3.10. The minimum Gasteiger partial charge on any atom is -0.269 e. The highest BCUT2D eigenvalue weighted by Crippen LogP contribution is 2.40. The van der Waals surface area contributed by atoms with Gasteiger partial charge in [-0.3, -0.25) is 4.79 Å². The first-order valence-electron chi connectivity index (χ1n) is 9.96. The van der Waals surface area contributed by atoms with Gasteiger partial charge in [0.05, 0.1) is 6.20 Å². The quantitative estimate of drug-likeness (QED) is 0.493. The van der Waals surface area contributed by atoms with Crippen LogP contribution in [0.3, 0.4) is 0 Å². The molecule has 0 aromatic carbocycles. The van der Waals surface area contributed by atoms with E-state index in [0.29, 0.717) is 11.2 Å². The molecule has 0 aliphatic heterocycles. The summed E-state index contributed by atoms with van der Waals surface area (Å²) in [4.78, 5) is 24.6. The fourth-order valence-corrected chi connectivity index (χ4v) is 3.74. The highest BCUT2D eigenvalue weighted by molar-refractivity contribution is 5.96. The molecule has 1 aliphatic rings. The fraction of sp³-hybridized carbons (Fsp3) is 0.333. The Labute approximate surface area is 172 Å². The number of carbonyl (C=O) groups excluding carboxylic acids is 1. The third-order valence-corrected chi connectivity index (χ3v) is 5.30. The van der Waals surface area contributed by atoms with Gasteiger partial charge in [0.25, 0.3) is 5.91 Å². The zero-order valence-corrected chi connectivity index (χ0v) is 17.6. The third-order valence-electron chi connectivity index (χ3n) is 5.30.